The van der Waals surface area contributed by atoms with Gasteiger partial charge in [0.25, 0.3) is 0 Å². The summed E-state index contributed by atoms with van der Waals surface area (Å²) < 4.78 is 29.6. The molecule has 2 heterocycles. The fourth-order valence-corrected chi connectivity index (χ4v) is 5.30. The van der Waals surface area contributed by atoms with Gasteiger partial charge in [-0.15, -0.1) is 11.3 Å². The van der Waals surface area contributed by atoms with Crippen molar-refractivity contribution in [3.8, 4) is 0 Å². The largest absolute Gasteiger partial charge is 0.476 e. The smallest absolute Gasteiger partial charge is 0.355 e. The van der Waals surface area contributed by atoms with Gasteiger partial charge in [0, 0.05) is 11.9 Å². The van der Waals surface area contributed by atoms with E-state index in [9.17, 15) is 18.3 Å². The second kappa shape index (κ2) is 7.63. The topological polar surface area (TPSA) is 101 Å². The van der Waals surface area contributed by atoms with Gasteiger partial charge >= 0.3 is 5.97 Å². The maximum Gasteiger partial charge on any atom is 0.355 e. The van der Waals surface area contributed by atoms with Crippen LogP contribution in [0.25, 0.3) is 0 Å². The van der Waals surface area contributed by atoms with Crippen LogP contribution in [-0.2, 0) is 23.5 Å². The number of carboxylic acids is 1. The summed E-state index contributed by atoms with van der Waals surface area (Å²) >= 11 is 1.46. The highest BCUT2D eigenvalue weighted by Crippen LogP contribution is 2.29. The Morgan fingerprint density at radius 2 is 2.00 bits per heavy atom. The van der Waals surface area contributed by atoms with Gasteiger partial charge in [0.2, 0.25) is 10.0 Å². The molecule has 0 aliphatic rings. The van der Waals surface area contributed by atoms with Gasteiger partial charge in [0.15, 0.2) is 5.69 Å². The molecule has 0 bridgehead atoms. The number of aromatic nitrogens is 2. The van der Waals surface area contributed by atoms with Gasteiger partial charge in [-0.05, 0) is 35.9 Å². The number of benzene rings is 1. The Bertz CT molecular complexity index is 1060. The third-order valence-electron chi connectivity index (χ3n) is 4.20. The van der Waals surface area contributed by atoms with Gasteiger partial charge in [0.05, 0.1) is 12.2 Å². The molecule has 2 N–H and O–H groups in total. The van der Waals surface area contributed by atoms with E-state index in [0.717, 1.165) is 26.9 Å². The van der Waals surface area contributed by atoms with Crippen molar-refractivity contribution in [1.29, 1.82) is 0 Å². The number of hydrogen-bond acceptors (Lipinski definition) is 5. The molecule has 9 heteroatoms. The zero-order chi connectivity index (χ0) is 19.6. The molecule has 3 rings (SSSR count). The van der Waals surface area contributed by atoms with Crippen molar-refractivity contribution in [2.45, 2.75) is 24.3 Å². The number of carbonyl (C=O) groups is 1. The van der Waals surface area contributed by atoms with Gasteiger partial charge in [0.1, 0.15) is 4.90 Å². The van der Waals surface area contributed by atoms with Gasteiger partial charge in [-0.1, -0.05) is 30.3 Å². The average Bonchev–Trinajstić information content (AvgIpc) is 3.21. The number of carboxylic acid groups (broad SMARTS) is 1. The van der Waals surface area contributed by atoms with Crippen LogP contribution in [0.2, 0.25) is 0 Å². The van der Waals surface area contributed by atoms with E-state index in [0.29, 0.717) is 6.42 Å². The summed E-state index contributed by atoms with van der Waals surface area (Å²) in [4.78, 5) is 12.0. The molecular formula is C18H19N3O4S2. The van der Waals surface area contributed by atoms with Gasteiger partial charge in [-0.25, -0.2) is 17.9 Å². The Balaban J connectivity index is 1.99. The molecule has 142 valence electrons. The minimum atomic E-state index is -4.08. The second-order valence-corrected chi connectivity index (χ2v) is 8.75. The maximum absolute atomic E-state index is 13.0. The summed E-state index contributed by atoms with van der Waals surface area (Å²) in [7, 11) is -2.69. The summed E-state index contributed by atoms with van der Waals surface area (Å²) in [5.41, 5.74) is 1.58. The summed E-state index contributed by atoms with van der Waals surface area (Å²) in [6, 6.07) is 11.0. The van der Waals surface area contributed by atoms with Crippen LogP contribution in [0.4, 0.5) is 0 Å². The minimum absolute atomic E-state index is 0.343. The first kappa shape index (κ1) is 19.3. The Hall–Kier alpha value is -2.49. The van der Waals surface area contributed by atoms with Crippen LogP contribution in [0.1, 0.15) is 32.5 Å². The van der Waals surface area contributed by atoms with Crippen molar-refractivity contribution >= 4 is 27.3 Å². The average molecular weight is 406 g/mol. The predicted molar refractivity (Wildman–Crippen MR) is 102 cm³/mol. The highest BCUT2D eigenvalue weighted by Gasteiger charge is 2.30. The van der Waals surface area contributed by atoms with Gasteiger partial charge < -0.3 is 5.11 Å². The molecule has 1 unspecified atom stereocenters. The predicted octanol–water partition coefficient (Wildman–Crippen LogP) is 2.75. The van der Waals surface area contributed by atoms with E-state index < -0.39 is 22.0 Å². The molecule has 3 aromatic rings. The number of aryl methyl sites for hydroxylation is 2. The number of thiophene rings is 1. The number of rotatable bonds is 7. The van der Waals surface area contributed by atoms with E-state index in [4.69, 9.17) is 0 Å². The molecule has 0 radical (unpaired) electrons. The highest BCUT2D eigenvalue weighted by atomic mass is 32.2. The lowest BCUT2D eigenvalue weighted by Crippen LogP contribution is -2.31. The molecule has 1 aromatic carbocycles. The van der Waals surface area contributed by atoms with Crippen molar-refractivity contribution in [3.05, 3.63) is 69.7 Å². The van der Waals surface area contributed by atoms with Gasteiger partial charge in [-0.2, -0.15) is 5.10 Å². The van der Waals surface area contributed by atoms with Crippen molar-refractivity contribution in [3.63, 3.8) is 0 Å². The zero-order valence-corrected chi connectivity index (χ0v) is 16.4. The molecule has 1 atom stereocenters. The number of nitrogens with zero attached hydrogens (tertiary/aromatic N) is 2. The van der Waals surface area contributed by atoms with Crippen LogP contribution < -0.4 is 4.72 Å². The molecule has 0 amide bonds. The van der Waals surface area contributed by atoms with E-state index in [2.05, 4.69) is 9.82 Å². The first-order valence-corrected chi connectivity index (χ1v) is 10.5. The molecule has 0 saturated heterocycles. The number of aromatic carboxylic acids is 1. The summed E-state index contributed by atoms with van der Waals surface area (Å²) in [6.45, 7) is 1.92. The number of hydrogen-bond donors (Lipinski definition) is 2. The minimum Gasteiger partial charge on any atom is -0.476 e. The van der Waals surface area contributed by atoms with Crippen molar-refractivity contribution in [1.82, 2.24) is 14.5 Å². The molecule has 2 aromatic heterocycles. The fourth-order valence-electron chi connectivity index (χ4n) is 2.89. The van der Waals surface area contributed by atoms with E-state index in [1.165, 1.54) is 18.4 Å². The van der Waals surface area contributed by atoms with Crippen LogP contribution >= 0.6 is 11.3 Å². The first-order valence-electron chi connectivity index (χ1n) is 8.15. The number of sulfonamides is 1. The van der Waals surface area contributed by atoms with Crippen LogP contribution in [0.3, 0.4) is 0 Å². The monoisotopic (exact) mass is 405 g/mol. The lowest BCUT2D eigenvalue weighted by atomic mass is 10.0. The highest BCUT2D eigenvalue weighted by molar-refractivity contribution is 7.89. The van der Waals surface area contributed by atoms with Crippen molar-refractivity contribution in [2.24, 2.45) is 7.05 Å². The van der Waals surface area contributed by atoms with Gasteiger partial charge in [-0.3, -0.25) is 4.68 Å². The Labute approximate surface area is 161 Å². The molecule has 0 aliphatic heterocycles. The third-order valence-corrected chi connectivity index (χ3v) is 6.80. The molecule has 0 saturated carbocycles. The van der Waals surface area contributed by atoms with Crippen LogP contribution in [0.5, 0.6) is 0 Å². The van der Waals surface area contributed by atoms with E-state index in [1.807, 2.05) is 48.7 Å². The molecular weight excluding hydrogens is 386 g/mol. The van der Waals surface area contributed by atoms with Crippen molar-refractivity contribution < 1.29 is 18.3 Å². The fraction of sp³-hybridized carbons (Fsp3) is 0.222. The summed E-state index contributed by atoms with van der Waals surface area (Å²) in [5.74, 6) is -1.35. The Morgan fingerprint density at radius 1 is 1.30 bits per heavy atom. The summed E-state index contributed by atoms with van der Waals surface area (Å²) in [6.07, 6.45) is 1.51. The summed E-state index contributed by atoms with van der Waals surface area (Å²) in [5, 5.41) is 15.0. The standard InChI is InChI=1S/C18H19N3O4S2/c1-12-8-9-26-17(12)14(10-13-6-4-3-5-7-13)20-27(24,25)15-11-19-21(2)16(15)18(22)23/h3-9,11,14,20H,10H2,1-2H3,(H,22,23). The zero-order valence-electron chi connectivity index (χ0n) is 14.8. The Kier molecular flexibility index (Phi) is 5.45. The number of nitrogens with one attached hydrogen (secondary N) is 1. The van der Waals surface area contributed by atoms with Crippen LogP contribution in [0, 0.1) is 6.92 Å². The van der Waals surface area contributed by atoms with E-state index in [-0.39, 0.29) is 10.6 Å². The van der Waals surface area contributed by atoms with Crippen LogP contribution in [0.15, 0.2) is 52.9 Å². The SMILES string of the molecule is Cc1ccsc1C(Cc1ccccc1)NS(=O)(=O)c1cnn(C)c1C(=O)O. The molecule has 0 spiro atoms. The van der Waals surface area contributed by atoms with E-state index >= 15 is 0 Å². The van der Waals surface area contributed by atoms with E-state index in [1.54, 1.807) is 0 Å². The normalized spacial score (nSPS) is 12.8. The lowest BCUT2D eigenvalue weighted by molar-refractivity contribution is 0.0680. The molecule has 27 heavy (non-hydrogen) atoms. The molecule has 0 fully saturated rings. The Morgan fingerprint density at radius 3 is 2.59 bits per heavy atom. The first-order chi connectivity index (χ1) is 12.8. The lowest BCUT2D eigenvalue weighted by Gasteiger charge is -2.19. The quantitative estimate of drug-likeness (QED) is 0.629. The van der Waals surface area contributed by atoms with Crippen LogP contribution in [-0.4, -0.2) is 29.3 Å². The van der Waals surface area contributed by atoms with Crippen molar-refractivity contribution in [2.75, 3.05) is 0 Å². The third kappa shape index (κ3) is 4.10. The maximum atomic E-state index is 13.0. The molecule has 7 nitrogen and oxygen atoms in total. The second-order valence-electron chi connectivity index (χ2n) is 6.12. The molecule has 0 aliphatic carbocycles.